The normalized spacial score (nSPS) is 25.3. The van der Waals surface area contributed by atoms with Crippen LogP contribution in [0.15, 0.2) is 28.7 Å². The molecule has 3 rings (SSSR count). The van der Waals surface area contributed by atoms with Crippen LogP contribution in [0.1, 0.15) is 25.7 Å². The van der Waals surface area contributed by atoms with Crippen molar-refractivity contribution in [2.24, 2.45) is 5.92 Å². The zero-order valence-electron chi connectivity index (χ0n) is 13.8. The number of carboxylic acids is 1. The van der Waals surface area contributed by atoms with E-state index >= 15 is 0 Å². The van der Waals surface area contributed by atoms with Gasteiger partial charge in [0, 0.05) is 10.2 Å². The number of imide groups is 1. The van der Waals surface area contributed by atoms with Crippen molar-refractivity contribution in [1.29, 1.82) is 0 Å². The van der Waals surface area contributed by atoms with Crippen molar-refractivity contribution in [3.63, 3.8) is 0 Å². The Balaban J connectivity index is 1.64. The second-order valence-electron chi connectivity index (χ2n) is 6.57. The van der Waals surface area contributed by atoms with E-state index < -0.39 is 35.3 Å². The summed E-state index contributed by atoms with van der Waals surface area (Å²) in [5.41, 5.74) is -0.535. The molecule has 1 saturated carbocycles. The molecule has 1 heterocycles. The molecule has 4 amide bonds. The van der Waals surface area contributed by atoms with E-state index in [1.54, 1.807) is 18.2 Å². The lowest BCUT2D eigenvalue weighted by atomic mass is 9.76. The maximum absolute atomic E-state index is 12.7. The molecule has 2 aliphatic rings. The van der Waals surface area contributed by atoms with E-state index in [4.69, 9.17) is 5.11 Å². The van der Waals surface area contributed by atoms with Crippen LogP contribution in [-0.4, -0.2) is 45.9 Å². The van der Waals surface area contributed by atoms with Crippen LogP contribution in [0, 0.1) is 5.92 Å². The predicted molar refractivity (Wildman–Crippen MR) is 95.3 cm³/mol. The number of aliphatic carboxylic acids is 1. The number of hydrogen-bond donors (Lipinski definition) is 3. The monoisotopic (exact) mass is 423 g/mol. The second-order valence-corrected chi connectivity index (χ2v) is 7.49. The maximum atomic E-state index is 12.7. The van der Waals surface area contributed by atoms with Crippen molar-refractivity contribution >= 4 is 45.4 Å². The average molecular weight is 424 g/mol. The number of carbonyl (C=O) groups is 4. The molecular formula is C17H18BrN3O5. The van der Waals surface area contributed by atoms with E-state index in [1.165, 1.54) is 0 Å². The minimum Gasteiger partial charge on any atom is -0.481 e. The third kappa shape index (κ3) is 3.57. The molecule has 1 aromatic rings. The number of nitrogens with one attached hydrogen (secondary N) is 2. The smallest absolute Gasteiger partial charge is 0.325 e. The highest BCUT2D eigenvalue weighted by Gasteiger charge is 2.53. The van der Waals surface area contributed by atoms with Gasteiger partial charge in [0.25, 0.3) is 5.91 Å². The molecule has 1 spiro atoms. The van der Waals surface area contributed by atoms with Crippen LogP contribution in [0.4, 0.5) is 10.5 Å². The number of anilines is 1. The zero-order chi connectivity index (χ0) is 18.9. The summed E-state index contributed by atoms with van der Waals surface area (Å²) in [5, 5.41) is 14.4. The van der Waals surface area contributed by atoms with E-state index in [9.17, 15) is 19.2 Å². The summed E-state index contributed by atoms with van der Waals surface area (Å²) < 4.78 is 0.791. The molecular weight excluding hydrogens is 406 g/mol. The molecule has 1 saturated heterocycles. The maximum Gasteiger partial charge on any atom is 0.325 e. The van der Waals surface area contributed by atoms with Gasteiger partial charge in [-0.15, -0.1) is 0 Å². The van der Waals surface area contributed by atoms with E-state index in [0.29, 0.717) is 18.5 Å². The largest absolute Gasteiger partial charge is 0.481 e. The predicted octanol–water partition coefficient (Wildman–Crippen LogP) is 1.95. The third-order valence-electron chi connectivity index (χ3n) is 4.84. The highest BCUT2D eigenvalue weighted by molar-refractivity contribution is 9.10. The zero-order valence-corrected chi connectivity index (χ0v) is 15.4. The number of amides is 4. The van der Waals surface area contributed by atoms with Gasteiger partial charge in [-0.3, -0.25) is 19.3 Å². The Kier molecular flexibility index (Phi) is 4.99. The first kappa shape index (κ1) is 18.4. The number of benzene rings is 1. The van der Waals surface area contributed by atoms with Crippen LogP contribution in [0.2, 0.25) is 0 Å². The molecule has 0 aromatic heterocycles. The highest BCUT2D eigenvalue weighted by Crippen LogP contribution is 2.36. The van der Waals surface area contributed by atoms with Gasteiger partial charge in [0.15, 0.2) is 0 Å². The van der Waals surface area contributed by atoms with Crippen LogP contribution in [0.25, 0.3) is 0 Å². The van der Waals surface area contributed by atoms with Crippen LogP contribution in [0.3, 0.4) is 0 Å². The molecule has 1 aliphatic heterocycles. The van der Waals surface area contributed by atoms with Crippen molar-refractivity contribution in [3.05, 3.63) is 28.7 Å². The lowest BCUT2D eigenvalue weighted by Gasteiger charge is -2.33. The molecule has 3 N–H and O–H groups in total. The van der Waals surface area contributed by atoms with Crippen molar-refractivity contribution in [2.75, 3.05) is 11.9 Å². The molecule has 1 aromatic carbocycles. The molecule has 2 fully saturated rings. The van der Waals surface area contributed by atoms with Crippen molar-refractivity contribution in [2.45, 2.75) is 31.2 Å². The highest BCUT2D eigenvalue weighted by atomic mass is 79.9. The Labute approximate surface area is 158 Å². The first-order valence-corrected chi connectivity index (χ1v) is 9.02. The minimum absolute atomic E-state index is 0.262. The Hall–Kier alpha value is -2.42. The number of halogens is 1. The van der Waals surface area contributed by atoms with Gasteiger partial charge >= 0.3 is 12.0 Å². The summed E-state index contributed by atoms with van der Waals surface area (Å²) in [5.74, 6) is -2.33. The molecule has 1 aliphatic carbocycles. The molecule has 0 atom stereocenters. The summed E-state index contributed by atoms with van der Waals surface area (Å²) in [4.78, 5) is 49.1. The Morgan fingerprint density at radius 3 is 2.62 bits per heavy atom. The molecule has 138 valence electrons. The SMILES string of the molecule is O=C(CN1C(=O)NC2(CCC(C(=O)O)CC2)C1=O)Nc1cccc(Br)c1. The number of carbonyl (C=O) groups excluding carboxylic acids is 3. The quantitative estimate of drug-likeness (QED) is 0.639. The molecule has 9 heteroatoms. The average Bonchev–Trinajstić information content (AvgIpc) is 2.79. The Bertz CT molecular complexity index is 773. The van der Waals surface area contributed by atoms with Crippen LogP contribution in [-0.2, 0) is 14.4 Å². The summed E-state index contributed by atoms with van der Waals surface area (Å²) in [6.07, 6.45) is 1.16. The van der Waals surface area contributed by atoms with Gasteiger partial charge in [-0.1, -0.05) is 22.0 Å². The first-order valence-electron chi connectivity index (χ1n) is 8.23. The first-order chi connectivity index (χ1) is 12.3. The van der Waals surface area contributed by atoms with Gasteiger partial charge < -0.3 is 15.7 Å². The molecule has 26 heavy (non-hydrogen) atoms. The van der Waals surface area contributed by atoms with Gasteiger partial charge in [0.05, 0.1) is 5.92 Å². The summed E-state index contributed by atoms with van der Waals surface area (Å²) in [7, 11) is 0. The summed E-state index contributed by atoms with van der Waals surface area (Å²) in [6.45, 7) is -0.388. The van der Waals surface area contributed by atoms with E-state index in [0.717, 1.165) is 9.37 Å². The third-order valence-corrected chi connectivity index (χ3v) is 5.34. The molecule has 0 unspecified atom stereocenters. The number of nitrogens with zero attached hydrogens (tertiary/aromatic N) is 1. The fourth-order valence-electron chi connectivity index (χ4n) is 3.43. The standard InChI is InChI=1S/C17H18BrN3O5/c18-11-2-1-3-12(8-11)19-13(22)9-21-15(25)17(20-16(21)26)6-4-10(5-7-17)14(23)24/h1-3,8,10H,4-7,9H2,(H,19,22)(H,20,26)(H,23,24). The lowest BCUT2D eigenvalue weighted by molar-refractivity contribution is -0.145. The van der Waals surface area contributed by atoms with Gasteiger partial charge in [0.2, 0.25) is 5.91 Å². The van der Waals surface area contributed by atoms with Crippen molar-refractivity contribution in [3.8, 4) is 0 Å². The number of urea groups is 1. The number of carboxylic acid groups (broad SMARTS) is 1. The van der Waals surface area contributed by atoms with Gasteiger partial charge in [-0.25, -0.2) is 4.79 Å². The Morgan fingerprint density at radius 1 is 1.31 bits per heavy atom. The van der Waals surface area contributed by atoms with Crippen LogP contribution in [0.5, 0.6) is 0 Å². The fraction of sp³-hybridized carbons (Fsp3) is 0.412. The van der Waals surface area contributed by atoms with E-state index in [-0.39, 0.29) is 19.4 Å². The second kappa shape index (κ2) is 7.06. The summed E-state index contributed by atoms with van der Waals surface area (Å²) in [6, 6.07) is 6.35. The summed E-state index contributed by atoms with van der Waals surface area (Å²) >= 11 is 3.30. The molecule has 0 radical (unpaired) electrons. The van der Waals surface area contributed by atoms with E-state index in [1.807, 2.05) is 6.07 Å². The Morgan fingerprint density at radius 2 is 2.00 bits per heavy atom. The number of rotatable bonds is 4. The lowest BCUT2D eigenvalue weighted by Crippen LogP contribution is -2.50. The van der Waals surface area contributed by atoms with Crippen LogP contribution < -0.4 is 10.6 Å². The number of hydrogen-bond acceptors (Lipinski definition) is 4. The minimum atomic E-state index is -1.08. The van der Waals surface area contributed by atoms with Crippen molar-refractivity contribution in [1.82, 2.24) is 10.2 Å². The van der Waals surface area contributed by atoms with Crippen LogP contribution >= 0.6 is 15.9 Å². The van der Waals surface area contributed by atoms with Gasteiger partial charge in [-0.2, -0.15) is 0 Å². The molecule has 8 nitrogen and oxygen atoms in total. The van der Waals surface area contributed by atoms with Gasteiger partial charge in [0.1, 0.15) is 12.1 Å². The molecule has 0 bridgehead atoms. The topological polar surface area (TPSA) is 116 Å². The van der Waals surface area contributed by atoms with Gasteiger partial charge in [-0.05, 0) is 43.9 Å². The fourth-order valence-corrected chi connectivity index (χ4v) is 3.83. The van der Waals surface area contributed by atoms with E-state index in [2.05, 4.69) is 26.6 Å². The van der Waals surface area contributed by atoms with Crippen molar-refractivity contribution < 1.29 is 24.3 Å².